The molecule has 0 bridgehead atoms. The van der Waals surface area contributed by atoms with Crippen molar-refractivity contribution in [1.29, 1.82) is 0 Å². The Labute approximate surface area is 180 Å². The van der Waals surface area contributed by atoms with E-state index in [0.717, 1.165) is 0 Å². The molecule has 0 aliphatic carbocycles. The average Bonchev–Trinajstić information content (AvgIpc) is 2.62. The molecule has 0 atom stereocenters. The number of carbonyl (C=O) groups excluding carboxylic acids is 2. The van der Waals surface area contributed by atoms with Crippen molar-refractivity contribution in [2.75, 3.05) is 0 Å². The number of rotatable bonds is 7. The fraction of sp³-hybridized carbons (Fsp3) is 0.250. The summed E-state index contributed by atoms with van der Waals surface area (Å²) in [5, 5.41) is 27.5. The van der Waals surface area contributed by atoms with Crippen LogP contribution < -0.4 is 0 Å². The summed E-state index contributed by atoms with van der Waals surface area (Å²) < 4.78 is 0. The lowest BCUT2D eigenvalue weighted by Crippen LogP contribution is -2.11. The summed E-state index contributed by atoms with van der Waals surface area (Å²) in [6.07, 6.45) is 0. The van der Waals surface area contributed by atoms with Crippen LogP contribution in [0.4, 0.5) is 0 Å². The predicted octanol–water partition coefficient (Wildman–Crippen LogP) is 3.01. The van der Waals surface area contributed by atoms with E-state index in [1.807, 2.05) is 0 Å². The third-order valence-electron chi connectivity index (χ3n) is 2.01. The van der Waals surface area contributed by atoms with Crippen LogP contribution in [0.25, 0.3) is 0 Å². The third kappa shape index (κ3) is 31.0. The van der Waals surface area contributed by atoms with Gasteiger partial charge < -0.3 is 15.3 Å². The molecule has 0 rings (SSSR count). The van der Waals surface area contributed by atoms with Crippen LogP contribution >= 0.6 is 0 Å². The molecule has 0 unspecified atom stereocenters. The van der Waals surface area contributed by atoms with E-state index in [1.165, 1.54) is 34.6 Å². The van der Waals surface area contributed by atoms with E-state index in [9.17, 15) is 24.0 Å². The SMILES string of the molecule is C=C(C)C(=O)O.C=C(C)C(=O)O.C=C(C)C(=O)O.C=C(C)C(=O)OOOC(=O)C(=C)C. The van der Waals surface area contributed by atoms with E-state index in [4.69, 9.17) is 15.3 Å². The molecule has 0 saturated carbocycles. The molecule has 174 valence electrons. The average molecular weight is 444 g/mol. The van der Waals surface area contributed by atoms with Crippen molar-refractivity contribution < 1.29 is 54.1 Å². The first-order chi connectivity index (χ1) is 13.9. The minimum Gasteiger partial charge on any atom is -0.478 e. The quantitative estimate of drug-likeness (QED) is 0.299. The minimum absolute atomic E-state index is 0.131. The van der Waals surface area contributed by atoms with Crippen LogP contribution in [-0.2, 0) is 38.8 Å². The van der Waals surface area contributed by atoms with Gasteiger partial charge in [-0.25, -0.2) is 24.0 Å². The Morgan fingerprint density at radius 2 is 0.645 bits per heavy atom. The number of aliphatic carboxylic acids is 3. The molecule has 0 aromatic heterocycles. The zero-order valence-electron chi connectivity index (χ0n) is 18.1. The second-order valence-corrected chi connectivity index (χ2v) is 5.63. The topological polar surface area (TPSA) is 174 Å². The third-order valence-corrected chi connectivity index (χ3v) is 2.01. The molecule has 0 fully saturated rings. The highest BCUT2D eigenvalue weighted by atomic mass is 17.5. The van der Waals surface area contributed by atoms with Gasteiger partial charge in [-0.2, -0.15) is 0 Å². The highest BCUT2D eigenvalue weighted by Gasteiger charge is 2.08. The van der Waals surface area contributed by atoms with Gasteiger partial charge in [0.1, 0.15) is 0 Å². The molecule has 0 saturated heterocycles. The van der Waals surface area contributed by atoms with Gasteiger partial charge in [0.15, 0.2) is 0 Å². The summed E-state index contributed by atoms with van der Waals surface area (Å²) in [5.74, 6) is -4.43. The smallest absolute Gasteiger partial charge is 0.372 e. The van der Waals surface area contributed by atoms with Crippen molar-refractivity contribution in [3.8, 4) is 0 Å². The van der Waals surface area contributed by atoms with Crippen LogP contribution in [0, 0.1) is 0 Å². The van der Waals surface area contributed by atoms with Crippen LogP contribution in [0.3, 0.4) is 0 Å². The second kappa shape index (κ2) is 19.3. The molecular formula is C20H28O11. The van der Waals surface area contributed by atoms with E-state index < -0.39 is 29.8 Å². The molecule has 0 aromatic rings. The Morgan fingerprint density at radius 3 is 0.742 bits per heavy atom. The van der Waals surface area contributed by atoms with Crippen molar-refractivity contribution in [2.24, 2.45) is 0 Å². The van der Waals surface area contributed by atoms with Crippen molar-refractivity contribution in [3.63, 3.8) is 0 Å². The number of carbonyl (C=O) groups is 5. The lowest BCUT2D eigenvalue weighted by atomic mass is 10.4. The zero-order valence-corrected chi connectivity index (χ0v) is 18.1. The fourth-order valence-corrected chi connectivity index (χ4v) is 0.221. The largest absolute Gasteiger partial charge is 0.478 e. The van der Waals surface area contributed by atoms with E-state index in [-0.39, 0.29) is 27.9 Å². The molecule has 0 aliphatic rings. The molecule has 11 nitrogen and oxygen atoms in total. The molecule has 31 heavy (non-hydrogen) atoms. The van der Waals surface area contributed by atoms with Crippen LogP contribution in [0.15, 0.2) is 60.8 Å². The van der Waals surface area contributed by atoms with Gasteiger partial charge in [-0.1, -0.05) is 32.9 Å². The van der Waals surface area contributed by atoms with Crippen molar-refractivity contribution in [1.82, 2.24) is 0 Å². The molecule has 0 amide bonds. The van der Waals surface area contributed by atoms with Crippen molar-refractivity contribution in [3.05, 3.63) is 60.8 Å². The highest BCUT2D eigenvalue weighted by Crippen LogP contribution is 1.96. The van der Waals surface area contributed by atoms with E-state index in [0.29, 0.717) is 0 Å². The van der Waals surface area contributed by atoms with Crippen molar-refractivity contribution in [2.45, 2.75) is 34.6 Å². The Bertz CT molecular complexity index is 623. The molecule has 0 aromatic carbocycles. The molecule has 0 heterocycles. The first kappa shape index (κ1) is 34.5. The van der Waals surface area contributed by atoms with Gasteiger partial charge in [0.25, 0.3) is 0 Å². The normalized spacial score (nSPS) is 8.03. The summed E-state index contributed by atoms with van der Waals surface area (Å²) in [6.45, 7) is 23.2. The second-order valence-electron chi connectivity index (χ2n) is 5.63. The molecule has 0 aliphatic heterocycles. The standard InChI is InChI=1S/C8H10O5.3C4H6O2/c1-5(2)7(9)11-13-12-8(10)6(3)4;3*1-3(2)4(5)6/h1,3H2,2,4H3;3*1H2,2H3,(H,5,6). The van der Waals surface area contributed by atoms with Crippen LogP contribution in [0.5, 0.6) is 0 Å². The van der Waals surface area contributed by atoms with Gasteiger partial charge >= 0.3 is 29.8 Å². The maximum atomic E-state index is 10.6. The van der Waals surface area contributed by atoms with Crippen LogP contribution in [0.2, 0.25) is 0 Å². The number of carboxylic acid groups (broad SMARTS) is 3. The Balaban J connectivity index is -0.000000171. The van der Waals surface area contributed by atoms with Gasteiger partial charge in [0.05, 0.1) is 0 Å². The Kier molecular flexibility index (Phi) is 21.5. The summed E-state index contributed by atoms with van der Waals surface area (Å²) >= 11 is 0. The van der Waals surface area contributed by atoms with Crippen LogP contribution in [-0.4, -0.2) is 45.2 Å². The van der Waals surface area contributed by atoms with Gasteiger partial charge in [-0.05, 0) is 34.6 Å². The molecule has 0 radical (unpaired) electrons. The van der Waals surface area contributed by atoms with E-state index in [1.54, 1.807) is 0 Å². The number of hydrogen-bond donors (Lipinski definition) is 3. The van der Waals surface area contributed by atoms with Gasteiger partial charge in [0.2, 0.25) is 0 Å². The first-order valence-corrected chi connectivity index (χ1v) is 7.95. The van der Waals surface area contributed by atoms with Gasteiger partial charge in [-0.3, -0.25) is 9.78 Å². The highest BCUT2D eigenvalue weighted by molar-refractivity contribution is 5.87. The van der Waals surface area contributed by atoms with E-state index in [2.05, 4.69) is 47.7 Å². The summed E-state index contributed by atoms with van der Waals surface area (Å²) in [5.41, 5.74) is 0.790. The maximum absolute atomic E-state index is 10.6. The predicted molar refractivity (Wildman–Crippen MR) is 110 cm³/mol. The lowest BCUT2D eigenvalue weighted by molar-refractivity contribution is -0.456. The van der Waals surface area contributed by atoms with Gasteiger partial charge in [0, 0.05) is 32.9 Å². The number of hydrogen-bond acceptors (Lipinski definition) is 8. The minimum atomic E-state index is -0.935. The summed E-state index contributed by atoms with van der Waals surface area (Å²) in [7, 11) is 0. The lowest BCUT2D eigenvalue weighted by Gasteiger charge is -2.00. The first-order valence-electron chi connectivity index (χ1n) is 7.95. The maximum Gasteiger partial charge on any atom is 0.372 e. The Morgan fingerprint density at radius 1 is 0.484 bits per heavy atom. The van der Waals surface area contributed by atoms with Crippen molar-refractivity contribution >= 4 is 29.8 Å². The monoisotopic (exact) mass is 444 g/mol. The molecule has 11 heteroatoms. The molecular weight excluding hydrogens is 416 g/mol. The molecule has 0 spiro atoms. The fourth-order valence-electron chi connectivity index (χ4n) is 0.221. The Hall–Kier alpha value is -3.99. The molecule has 3 N–H and O–H groups in total. The van der Waals surface area contributed by atoms with E-state index >= 15 is 0 Å². The van der Waals surface area contributed by atoms with Gasteiger partial charge in [-0.15, -0.1) is 0 Å². The summed E-state index contributed by atoms with van der Waals surface area (Å²) in [6, 6.07) is 0. The zero-order chi connectivity index (χ0) is 25.9. The van der Waals surface area contributed by atoms with Crippen LogP contribution in [0.1, 0.15) is 34.6 Å². The summed E-state index contributed by atoms with van der Waals surface area (Å²) in [4.78, 5) is 58.1. The number of carboxylic acids is 3.